The molecule has 0 aliphatic rings. The Kier molecular flexibility index (Phi) is 5.94. The first-order valence-corrected chi connectivity index (χ1v) is 8.66. The lowest BCUT2D eigenvalue weighted by molar-refractivity contribution is 0.0601. The summed E-state index contributed by atoms with van der Waals surface area (Å²) in [6, 6.07) is 13.4. The van der Waals surface area contributed by atoms with Crippen LogP contribution in [0.15, 0.2) is 60.9 Å². The second kappa shape index (κ2) is 8.75. The van der Waals surface area contributed by atoms with Crippen molar-refractivity contribution in [2.75, 3.05) is 17.7 Å². The molecular formula is C21H18N4O4. The number of amides is 1. The van der Waals surface area contributed by atoms with Gasteiger partial charge in [-0.15, -0.1) is 0 Å². The van der Waals surface area contributed by atoms with Crippen LogP contribution in [0.5, 0.6) is 0 Å². The van der Waals surface area contributed by atoms with E-state index in [1.54, 1.807) is 48.5 Å². The maximum absolute atomic E-state index is 12.4. The Balaban J connectivity index is 1.72. The molecule has 146 valence electrons. The van der Waals surface area contributed by atoms with Gasteiger partial charge in [0, 0.05) is 23.6 Å². The van der Waals surface area contributed by atoms with Crippen LogP contribution in [0, 0.1) is 0 Å². The van der Waals surface area contributed by atoms with Crippen LogP contribution < -0.4 is 10.6 Å². The molecule has 1 aromatic heterocycles. The van der Waals surface area contributed by atoms with Gasteiger partial charge in [0.05, 0.1) is 23.9 Å². The molecule has 29 heavy (non-hydrogen) atoms. The van der Waals surface area contributed by atoms with E-state index in [4.69, 9.17) is 4.74 Å². The lowest BCUT2D eigenvalue weighted by atomic mass is 10.1. The van der Waals surface area contributed by atoms with Crippen LogP contribution in [-0.4, -0.2) is 34.7 Å². The van der Waals surface area contributed by atoms with Crippen molar-refractivity contribution in [3.63, 3.8) is 0 Å². The second-order valence-corrected chi connectivity index (χ2v) is 6.05. The third-order valence-corrected chi connectivity index (χ3v) is 4.02. The quantitative estimate of drug-likeness (QED) is 0.490. The molecule has 2 N–H and O–H groups in total. The maximum Gasteiger partial charge on any atom is 0.339 e. The van der Waals surface area contributed by atoms with E-state index in [0.29, 0.717) is 22.5 Å². The number of aromatic nitrogens is 2. The van der Waals surface area contributed by atoms with E-state index in [2.05, 4.69) is 20.6 Å². The van der Waals surface area contributed by atoms with Crippen molar-refractivity contribution in [3.05, 3.63) is 77.6 Å². The standard InChI is InChI=1S/C21H18N4O4/c1-13(26)14-6-5-7-16(10-14)24-19(27)15-11-22-21(23-12-15)25-18-9-4-3-8-17(18)20(28)29-2/h3-12H,1-2H3,(H,24,27)(H,22,23,25). The number of rotatable bonds is 6. The Labute approximate surface area is 167 Å². The molecule has 0 aliphatic carbocycles. The Morgan fingerprint density at radius 3 is 2.34 bits per heavy atom. The Morgan fingerprint density at radius 2 is 1.66 bits per heavy atom. The number of esters is 1. The zero-order valence-electron chi connectivity index (χ0n) is 15.8. The maximum atomic E-state index is 12.4. The van der Waals surface area contributed by atoms with E-state index in [0.717, 1.165) is 0 Å². The predicted octanol–water partition coefficient (Wildman–Crippen LogP) is 3.46. The molecule has 0 saturated carbocycles. The number of carbonyl (C=O) groups excluding carboxylic acids is 3. The van der Waals surface area contributed by atoms with Gasteiger partial charge >= 0.3 is 5.97 Å². The van der Waals surface area contributed by atoms with Crippen molar-refractivity contribution in [3.8, 4) is 0 Å². The molecule has 0 bridgehead atoms. The van der Waals surface area contributed by atoms with Gasteiger partial charge in [0.1, 0.15) is 0 Å². The molecule has 0 aliphatic heterocycles. The fourth-order valence-electron chi connectivity index (χ4n) is 2.53. The minimum atomic E-state index is -0.489. The highest BCUT2D eigenvalue weighted by Crippen LogP contribution is 2.19. The summed E-state index contributed by atoms with van der Waals surface area (Å²) in [6.45, 7) is 1.46. The molecule has 3 rings (SSSR count). The van der Waals surface area contributed by atoms with Gasteiger partial charge in [0.15, 0.2) is 5.78 Å². The first-order valence-electron chi connectivity index (χ1n) is 8.66. The molecular weight excluding hydrogens is 372 g/mol. The average molecular weight is 390 g/mol. The van der Waals surface area contributed by atoms with E-state index in [-0.39, 0.29) is 17.3 Å². The van der Waals surface area contributed by atoms with E-state index >= 15 is 0 Å². The molecule has 8 nitrogen and oxygen atoms in total. The molecule has 0 unspecified atom stereocenters. The summed E-state index contributed by atoms with van der Waals surface area (Å²) >= 11 is 0. The first kappa shape index (κ1) is 19.7. The zero-order valence-corrected chi connectivity index (χ0v) is 15.8. The molecule has 1 heterocycles. The highest BCUT2D eigenvalue weighted by Gasteiger charge is 2.13. The number of hydrogen-bond donors (Lipinski definition) is 2. The lowest BCUT2D eigenvalue weighted by Gasteiger charge is -2.10. The number of Topliss-reactive ketones (excluding diaryl/α,β-unsaturated/α-hetero) is 1. The third-order valence-electron chi connectivity index (χ3n) is 4.02. The lowest BCUT2D eigenvalue weighted by Crippen LogP contribution is -2.13. The largest absolute Gasteiger partial charge is 0.465 e. The third kappa shape index (κ3) is 4.81. The molecule has 0 saturated heterocycles. The van der Waals surface area contributed by atoms with Gasteiger partial charge in [0.25, 0.3) is 5.91 Å². The predicted molar refractivity (Wildman–Crippen MR) is 107 cm³/mol. The van der Waals surface area contributed by atoms with Crippen molar-refractivity contribution in [2.45, 2.75) is 6.92 Å². The summed E-state index contributed by atoms with van der Waals surface area (Å²) in [7, 11) is 1.30. The molecule has 0 fully saturated rings. The summed E-state index contributed by atoms with van der Waals surface area (Å²) < 4.78 is 4.75. The van der Waals surface area contributed by atoms with Gasteiger partial charge in [-0.3, -0.25) is 9.59 Å². The molecule has 0 spiro atoms. The van der Waals surface area contributed by atoms with Gasteiger partial charge in [-0.05, 0) is 31.2 Å². The smallest absolute Gasteiger partial charge is 0.339 e. The number of hydrogen-bond acceptors (Lipinski definition) is 7. The summed E-state index contributed by atoms with van der Waals surface area (Å²) in [5.41, 5.74) is 2.06. The van der Waals surface area contributed by atoms with E-state index in [1.165, 1.54) is 26.4 Å². The first-order chi connectivity index (χ1) is 14.0. The van der Waals surface area contributed by atoms with Crippen molar-refractivity contribution < 1.29 is 19.1 Å². The average Bonchev–Trinajstić information content (AvgIpc) is 2.74. The summed E-state index contributed by atoms with van der Waals surface area (Å²) in [5, 5.41) is 5.63. The molecule has 2 aromatic carbocycles. The molecule has 0 atom stereocenters. The Bertz CT molecular complexity index is 1060. The number of nitrogens with zero attached hydrogens (tertiary/aromatic N) is 2. The van der Waals surface area contributed by atoms with E-state index in [1.807, 2.05) is 0 Å². The molecule has 3 aromatic rings. The van der Waals surface area contributed by atoms with Gasteiger partial charge < -0.3 is 15.4 Å². The van der Waals surface area contributed by atoms with Crippen molar-refractivity contribution >= 4 is 35.0 Å². The fourth-order valence-corrected chi connectivity index (χ4v) is 2.53. The number of carbonyl (C=O) groups is 3. The van der Waals surface area contributed by atoms with E-state index in [9.17, 15) is 14.4 Å². The fraction of sp³-hybridized carbons (Fsp3) is 0.0952. The topological polar surface area (TPSA) is 110 Å². The van der Waals surface area contributed by atoms with Crippen molar-refractivity contribution in [2.24, 2.45) is 0 Å². The van der Waals surface area contributed by atoms with Crippen LogP contribution in [0.25, 0.3) is 0 Å². The van der Waals surface area contributed by atoms with E-state index < -0.39 is 11.9 Å². The van der Waals surface area contributed by atoms with Crippen LogP contribution in [0.4, 0.5) is 17.3 Å². The van der Waals surface area contributed by atoms with Crippen molar-refractivity contribution in [1.82, 2.24) is 9.97 Å². The van der Waals surface area contributed by atoms with Crippen LogP contribution in [0.3, 0.4) is 0 Å². The number of methoxy groups -OCH3 is 1. The summed E-state index contributed by atoms with van der Waals surface area (Å²) in [4.78, 5) is 43.9. The number of ketones is 1. The highest BCUT2D eigenvalue weighted by atomic mass is 16.5. The van der Waals surface area contributed by atoms with Crippen LogP contribution >= 0.6 is 0 Å². The highest BCUT2D eigenvalue weighted by molar-refractivity contribution is 6.04. The van der Waals surface area contributed by atoms with Crippen molar-refractivity contribution in [1.29, 1.82) is 0 Å². The Hall–Kier alpha value is -4.07. The number of ether oxygens (including phenoxy) is 1. The molecule has 8 heteroatoms. The van der Waals surface area contributed by atoms with Crippen LogP contribution in [-0.2, 0) is 4.74 Å². The second-order valence-electron chi connectivity index (χ2n) is 6.05. The van der Waals surface area contributed by atoms with Crippen LogP contribution in [0.1, 0.15) is 38.0 Å². The SMILES string of the molecule is COC(=O)c1ccccc1Nc1ncc(C(=O)Nc2cccc(C(C)=O)c2)cn1. The van der Waals surface area contributed by atoms with Gasteiger partial charge in [-0.1, -0.05) is 24.3 Å². The minimum Gasteiger partial charge on any atom is -0.465 e. The number of benzene rings is 2. The summed E-state index contributed by atoms with van der Waals surface area (Å²) in [6.07, 6.45) is 2.72. The normalized spacial score (nSPS) is 10.1. The van der Waals surface area contributed by atoms with Gasteiger partial charge in [0.2, 0.25) is 5.95 Å². The van der Waals surface area contributed by atoms with Gasteiger partial charge in [-0.2, -0.15) is 0 Å². The van der Waals surface area contributed by atoms with Gasteiger partial charge in [-0.25, -0.2) is 14.8 Å². The minimum absolute atomic E-state index is 0.0907. The molecule has 1 amide bonds. The Morgan fingerprint density at radius 1 is 0.931 bits per heavy atom. The number of para-hydroxylation sites is 1. The monoisotopic (exact) mass is 390 g/mol. The van der Waals surface area contributed by atoms with Crippen LogP contribution in [0.2, 0.25) is 0 Å². The number of anilines is 3. The zero-order chi connectivity index (χ0) is 20.8. The molecule has 0 radical (unpaired) electrons. The summed E-state index contributed by atoms with van der Waals surface area (Å²) in [5.74, 6) is -0.771. The number of nitrogens with one attached hydrogen (secondary N) is 2.